The summed E-state index contributed by atoms with van der Waals surface area (Å²) in [6.45, 7) is 5.84. The average Bonchev–Trinajstić information content (AvgIpc) is 2.69. The fourth-order valence-corrected chi connectivity index (χ4v) is 2.19. The average molecular weight is 276 g/mol. The van der Waals surface area contributed by atoms with Crippen molar-refractivity contribution in [3.63, 3.8) is 0 Å². The number of aromatic nitrogens is 2. The highest BCUT2D eigenvalue weighted by Crippen LogP contribution is 2.24. The van der Waals surface area contributed by atoms with E-state index in [1.54, 1.807) is 12.3 Å². The van der Waals surface area contributed by atoms with Gasteiger partial charge in [0.15, 0.2) is 0 Å². The number of nitrogens with two attached hydrogens (primary N) is 1. The fourth-order valence-electron chi connectivity index (χ4n) is 2.06. The van der Waals surface area contributed by atoms with Crippen LogP contribution >= 0.6 is 12.2 Å². The number of rotatable bonds is 4. The summed E-state index contributed by atoms with van der Waals surface area (Å²) in [4.78, 5) is 4.61. The summed E-state index contributed by atoms with van der Waals surface area (Å²) in [5.74, 6) is 1.53. The summed E-state index contributed by atoms with van der Waals surface area (Å²) in [5, 5.41) is 7.24. The van der Waals surface area contributed by atoms with Gasteiger partial charge < -0.3 is 15.6 Å². The van der Waals surface area contributed by atoms with Crippen LogP contribution in [0.2, 0.25) is 0 Å². The van der Waals surface area contributed by atoms with Crippen LogP contribution in [0.4, 0.5) is 5.82 Å². The number of nitrogens with one attached hydrogen (secondary N) is 1. The Bertz CT molecular complexity index is 589. The number of hydrogen-bond donors (Lipinski definition) is 2. The highest BCUT2D eigenvalue weighted by Gasteiger charge is 2.16. The molecule has 1 atom stereocenters. The van der Waals surface area contributed by atoms with E-state index < -0.39 is 0 Å². The minimum atomic E-state index is 0.0420. The third-order valence-corrected chi connectivity index (χ3v) is 3.17. The number of aryl methyl sites for hydroxylation is 2. The topological polar surface area (TPSA) is 77.0 Å². The lowest BCUT2D eigenvalue weighted by Gasteiger charge is -2.14. The monoisotopic (exact) mass is 276 g/mol. The van der Waals surface area contributed by atoms with E-state index in [0.717, 1.165) is 28.4 Å². The van der Waals surface area contributed by atoms with Gasteiger partial charge in [0.2, 0.25) is 0 Å². The first-order valence-corrected chi connectivity index (χ1v) is 6.35. The summed E-state index contributed by atoms with van der Waals surface area (Å²) < 4.78 is 5.16. The van der Waals surface area contributed by atoms with Crippen LogP contribution < -0.4 is 11.1 Å². The van der Waals surface area contributed by atoms with E-state index in [9.17, 15) is 0 Å². The number of thiocarbonyl (C=S) groups is 1. The second-order valence-corrected chi connectivity index (χ2v) is 4.84. The van der Waals surface area contributed by atoms with Crippen molar-refractivity contribution in [2.45, 2.75) is 26.8 Å². The molecule has 0 aromatic carbocycles. The van der Waals surface area contributed by atoms with Gasteiger partial charge in [0, 0.05) is 17.3 Å². The van der Waals surface area contributed by atoms with Crippen LogP contribution in [0.5, 0.6) is 0 Å². The number of anilines is 1. The Morgan fingerprint density at radius 1 is 1.47 bits per heavy atom. The molecule has 1 unspecified atom stereocenters. The maximum atomic E-state index is 5.61. The molecule has 0 bridgehead atoms. The lowest BCUT2D eigenvalue weighted by molar-refractivity contribution is 0.392. The molecule has 5 nitrogen and oxygen atoms in total. The van der Waals surface area contributed by atoms with Crippen molar-refractivity contribution < 1.29 is 4.52 Å². The van der Waals surface area contributed by atoms with E-state index in [1.807, 2.05) is 26.8 Å². The summed E-state index contributed by atoms with van der Waals surface area (Å²) in [6, 6.07) is 3.66. The molecule has 100 valence electrons. The van der Waals surface area contributed by atoms with Gasteiger partial charge in [-0.25, -0.2) is 4.98 Å². The molecule has 2 rings (SSSR count). The van der Waals surface area contributed by atoms with E-state index in [1.165, 1.54) is 0 Å². The zero-order chi connectivity index (χ0) is 14.0. The molecule has 0 saturated heterocycles. The Kier molecular flexibility index (Phi) is 3.80. The quantitative estimate of drug-likeness (QED) is 0.835. The van der Waals surface area contributed by atoms with E-state index in [2.05, 4.69) is 15.5 Å². The van der Waals surface area contributed by atoms with Gasteiger partial charge in [-0.1, -0.05) is 17.4 Å². The van der Waals surface area contributed by atoms with Crippen LogP contribution in [-0.2, 0) is 0 Å². The fraction of sp³-hybridized carbons (Fsp3) is 0.308. The van der Waals surface area contributed by atoms with Gasteiger partial charge in [-0.15, -0.1) is 0 Å². The van der Waals surface area contributed by atoms with Gasteiger partial charge in [-0.2, -0.15) is 0 Å². The van der Waals surface area contributed by atoms with Gasteiger partial charge in [-0.3, -0.25) is 0 Å². The molecule has 3 N–H and O–H groups in total. The first-order valence-electron chi connectivity index (χ1n) is 5.94. The molecule has 0 spiro atoms. The van der Waals surface area contributed by atoms with Crippen molar-refractivity contribution in [2.75, 3.05) is 5.32 Å². The molecule has 2 aromatic heterocycles. The second-order valence-electron chi connectivity index (χ2n) is 4.40. The van der Waals surface area contributed by atoms with Crippen LogP contribution in [-0.4, -0.2) is 15.1 Å². The number of hydrogen-bond acceptors (Lipinski definition) is 5. The predicted molar refractivity (Wildman–Crippen MR) is 78.1 cm³/mol. The van der Waals surface area contributed by atoms with Crippen LogP contribution in [0.3, 0.4) is 0 Å². The van der Waals surface area contributed by atoms with Gasteiger partial charge >= 0.3 is 0 Å². The Morgan fingerprint density at radius 2 is 2.21 bits per heavy atom. The van der Waals surface area contributed by atoms with Crippen molar-refractivity contribution in [1.82, 2.24) is 10.1 Å². The summed E-state index contributed by atoms with van der Waals surface area (Å²) >= 11 is 4.95. The first-order chi connectivity index (χ1) is 8.99. The van der Waals surface area contributed by atoms with Gasteiger partial charge in [0.1, 0.15) is 16.6 Å². The van der Waals surface area contributed by atoms with Gasteiger partial charge in [0.05, 0.1) is 11.7 Å². The van der Waals surface area contributed by atoms with Gasteiger partial charge in [0.25, 0.3) is 0 Å². The molecule has 0 fully saturated rings. The largest absolute Gasteiger partial charge is 0.389 e. The lowest BCUT2D eigenvalue weighted by Crippen LogP contribution is -2.12. The predicted octanol–water partition coefficient (Wildman–Crippen LogP) is 2.49. The molecule has 0 aliphatic rings. The third kappa shape index (κ3) is 2.90. The van der Waals surface area contributed by atoms with Gasteiger partial charge in [-0.05, 0) is 32.9 Å². The first kappa shape index (κ1) is 13.5. The van der Waals surface area contributed by atoms with Crippen molar-refractivity contribution in [3.05, 3.63) is 40.9 Å². The maximum absolute atomic E-state index is 5.61. The summed E-state index contributed by atoms with van der Waals surface area (Å²) in [7, 11) is 0. The molecule has 6 heteroatoms. The van der Waals surface area contributed by atoms with E-state index in [-0.39, 0.29) is 6.04 Å². The minimum absolute atomic E-state index is 0.0420. The Hall–Kier alpha value is -1.95. The molecule has 0 radical (unpaired) electrons. The van der Waals surface area contributed by atoms with Crippen molar-refractivity contribution in [1.29, 1.82) is 0 Å². The van der Waals surface area contributed by atoms with Crippen molar-refractivity contribution in [3.8, 4) is 0 Å². The van der Waals surface area contributed by atoms with Crippen LogP contribution in [0.1, 0.15) is 35.5 Å². The zero-order valence-electron chi connectivity index (χ0n) is 11.1. The number of nitrogens with zero attached hydrogens (tertiary/aromatic N) is 2. The lowest BCUT2D eigenvalue weighted by atomic mass is 10.1. The Morgan fingerprint density at radius 3 is 2.79 bits per heavy atom. The minimum Gasteiger partial charge on any atom is -0.389 e. The Labute approximate surface area is 117 Å². The SMILES string of the molecule is Cc1noc(C)c1C(C)Nc1cc(C(N)=S)ccn1. The zero-order valence-corrected chi connectivity index (χ0v) is 11.9. The summed E-state index contributed by atoms with van der Waals surface area (Å²) in [6.07, 6.45) is 1.68. The molecule has 0 amide bonds. The highest BCUT2D eigenvalue weighted by molar-refractivity contribution is 7.80. The van der Waals surface area contributed by atoms with E-state index in [4.69, 9.17) is 22.5 Å². The molecule has 0 aliphatic heterocycles. The normalized spacial score (nSPS) is 12.2. The van der Waals surface area contributed by atoms with E-state index in [0.29, 0.717) is 4.99 Å². The highest BCUT2D eigenvalue weighted by atomic mass is 32.1. The molecule has 0 aliphatic carbocycles. The molecule has 19 heavy (non-hydrogen) atoms. The van der Waals surface area contributed by atoms with Crippen molar-refractivity contribution in [2.24, 2.45) is 5.73 Å². The maximum Gasteiger partial charge on any atom is 0.139 e. The van der Waals surface area contributed by atoms with Crippen molar-refractivity contribution >= 4 is 23.0 Å². The molecule has 2 heterocycles. The molecule has 0 saturated carbocycles. The van der Waals surface area contributed by atoms with Crippen LogP contribution in [0.15, 0.2) is 22.9 Å². The molecular weight excluding hydrogens is 260 g/mol. The van der Waals surface area contributed by atoms with E-state index >= 15 is 0 Å². The smallest absolute Gasteiger partial charge is 0.139 e. The Balaban J connectivity index is 2.22. The molecular formula is C13H16N4OS. The standard InChI is InChI=1S/C13H16N4OS/c1-7(12-8(2)17-18-9(12)3)16-11-6-10(13(14)19)4-5-15-11/h4-7H,1-3H3,(H2,14,19)(H,15,16). The third-order valence-electron chi connectivity index (χ3n) is 2.93. The van der Waals surface area contributed by atoms with Crippen LogP contribution in [0.25, 0.3) is 0 Å². The molecule has 2 aromatic rings. The second kappa shape index (κ2) is 5.36. The summed E-state index contributed by atoms with van der Waals surface area (Å²) in [5.41, 5.74) is 8.32. The number of pyridine rings is 1. The van der Waals surface area contributed by atoms with Crippen LogP contribution in [0, 0.1) is 13.8 Å².